The number of hydrogen-bond donors (Lipinski definition) is 2. The van der Waals surface area contributed by atoms with Gasteiger partial charge >= 0.3 is 0 Å². The maximum Gasteiger partial charge on any atom is 0.223 e. The predicted octanol–water partition coefficient (Wildman–Crippen LogP) is 2.47. The Balaban J connectivity index is 1.58. The van der Waals surface area contributed by atoms with Gasteiger partial charge in [0.15, 0.2) is 0 Å². The van der Waals surface area contributed by atoms with Crippen LogP contribution in [-0.4, -0.2) is 29.6 Å². The molecule has 0 amide bonds. The summed E-state index contributed by atoms with van der Waals surface area (Å²) in [6, 6.07) is 0. The van der Waals surface area contributed by atoms with Crippen molar-refractivity contribution >= 4 is 5.95 Å². The molecule has 0 aromatic carbocycles. The first-order valence-electron chi connectivity index (χ1n) is 7.89. The number of nitrogens with one attached hydrogen (secondary N) is 2. The minimum Gasteiger partial charge on any atom is -0.351 e. The van der Waals surface area contributed by atoms with Crippen LogP contribution in [0.5, 0.6) is 0 Å². The molecule has 0 saturated carbocycles. The van der Waals surface area contributed by atoms with Gasteiger partial charge in [-0.2, -0.15) is 0 Å². The van der Waals surface area contributed by atoms with Gasteiger partial charge in [0.1, 0.15) is 0 Å². The van der Waals surface area contributed by atoms with E-state index in [2.05, 4.69) is 21.7 Å². The molecule has 108 valence electrons. The Morgan fingerprint density at radius 2 is 1.95 bits per heavy atom. The number of aromatic nitrogens is 2. The molecule has 0 atom stereocenters. The zero-order chi connectivity index (χ0) is 13.6. The second-order valence-electron chi connectivity index (χ2n) is 5.72. The number of hydrogen-bond acceptors (Lipinski definition) is 4. The average molecular weight is 272 g/mol. The van der Waals surface area contributed by atoms with Gasteiger partial charge in [0, 0.05) is 18.4 Å². The van der Waals surface area contributed by atoms with Crippen molar-refractivity contribution in [3.8, 4) is 0 Å². The topological polar surface area (TPSA) is 49.8 Å². The number of piperidine rings is 1. The molecule has 0 unspecified atom stereocenters. The third-order valence-electron chi connectivity index (χ3n) is 4.21. The summed E-state index contributed by atoms with van der Waals surface area (Å²) in [5.41, 5.74) is 4.16. The Kier molecular flexibility index (Phi) is 4.64. The Bertz CT molecular complexity index is 473. The number of aryl methyl sites for hydroxylation is 2. The van der Waals surface area contributed by atoms with E-state index < -0.39 is 0 Å². The summed E-state index contributed by atoms with van der Waals surface area (Å²) in [6.45, 7) is 3.07. The molecule has 2 N–H and O–H groups in total. The molecular formula is C16H24N4. The van der Waals surface area contributed by atoms with Crippen LogP contribution in [0.15, 0.2) is 17.8 Å². The highest BCUT2D eigenvalue weighted by Gasteiger charge is 2.10. The van der Waals surface area contributed by atoms with Crippen LogP contribution in [-0.2, 0) is 12.8 Å². The monoisotopic (exact) mass is 272 g/mol. The molecule has 1 aliphatic carbocycles. The normalized spacial score (nSPS) is 19.1. The van der Waals surface area contributed by atoms with Crippen LogP contribution in [0.25, 0.3) is 0 Å². The van der Waals surface area contributed by atoms with E-state index >= 15 is 0 Å². The van der Waals surface area contributed by atoms with Crippen LogP contribution in [0, 0.1) is 0 Å². The van der Waals surface area contributed by atoms with Gasteiger partial charge in [0.2, 0.25) is 5.95 Å². The lowest BCUT2D eigenvalue weighted by Crippen LogP contribution is -2.23. The van der Waals surface area contributed by atoms with E-state index in [0.717, 1.165) is 38.4 Å². The highest BCUT2D eigenvalue weighted by atomic mass is 15.1. The number of fused-ring (bicyclic) bond motifs is 1. The number of rotatable bonds is 3. The summed E-state index contributed by atoms with van der Waals surface area (Å²) < 4.78 is 0. The summed E-state index contributed by atoms with van der Waals surface area (Å²) in [5.74, 6) is 0.788. The van der Waals surface area contributed by atoms with Crippen LogP contribution >= 0.6 is 0 Å². The van der Waals surface area contributed by atoms with Crippen molar-refractivity contribution in [3.63, 3.8) is 0 Å². The maximum absolute atomic E-state index is 4.69. The van der Waals surface area contributed by atoms with Crippen molar-refractivity contribution in [1.82, 2.24) is 15.3 Å². The molecule has 3 rings (SSSR count). The molecule has 0 radical (unpaired) electrons. The maximum atomic E-state index is 4.69. The molecule has 20 heavy (non-hydrogen) atoms. The van der Waals surface area contributed by atoms with E-state index in [1.54, 1.807) is 5.57 Å². The SMILES string of the molecule is C(CNc1ncc2c(n1)CCCCC2)=C1CCNCC1. The zero-order valence-electron chi connectivity index (χ0n) is 12.1. The second kappa shape index (κ2) is 6.84. The van der Waals surface area contributed by atoms with Crippen molar-refractivity contribution < 1.29 is 0 Å². The lowest BCUT2D eigenvalue weighted by atomic mass is 10.1. The number of nitrogens with zero attached hydrogens (tertiary/aromatic N) is 2. The fourth-order valence-corrected chi connectivity index (χ4v) is 2.98. The van der Waals surface area contributed by atoms with Crippen molar-refractivity contribution in [2.75, 3.05) is 25.0 Å². The molecule has 4 nitrogen and oxygen atoms in total. The van der Waals surface area contributed by atoms with E-state index in [-0.39, 0.29) is 0 Å². The van der Waals surface area contributed by atoms with E-state index in [4.69, 9.17) is 4.98 Å². The Hall–Kier alpha value is -1.42. The van der Waals surface area contributed by atoms with Crippen molar-refractivity contribution in [3.05, 3.63) is 29.1 Å². The molecule has 0 spiro atoms. The van der Waals surface area contributed by atoms with Crippen LogP contribution in [0.1, 0.15) is 43.4 Å². The third kappa shape index (κ3) is 3.57. The Morgan fingerprint density at radius 1 is 1.10 bits per heavy atom. The Labute approximate surface area is 121 Å². The lowest BCUT2D eigenvalue weighted by Gasteiger charge is -2.15. The largest absolute Gasteiger partial charge is 0.351 e. The van der Waals surface area contributed by atoms with Crippen LogP contribution in [0.2, 0.25) is 0 Å². The molecule has 1 aromatic rings. The van der Waals surface area contributed by atoms with Crippen LogP contribution < -0.4 is 10.6 Å². The third-order valence-corrected chi connectivity index (χ3v) is 4.21. The summed E-state index contributed by atoms with van der Waals surface area (Å²) in [7, 11) is 0. The van der Waals surface area contributed by atoms with Crippen molar-refractivity contribution in [1.29, 1.82) is 0 Å². The van der Waals surface area contributed by atoms with Gasteiger partial charge in [0.05, 0.1) is 0 Å². The molecule has 2 heterocycles. The average Bonchev–Trinajstić information content (AvgIpc) is 2.73. The van der Waals surface area contributed by atoms with Crippen molar-refractivity contribution in [2.24, 2.45) is 0 Å². The summed E-state index contributed by atoms with van der Waals surface area (Å²) in [6.07, 6.45) is 12.8. The van der Waals surface area contributed by atoms with Crippen LogP contribution in [0.4, 0.5) is 5.95 Å². The highest BCUT2D eigenvalue weighted by molar-refractivity contribution is 5.31. The minimum atomic E-state index is 0.788. The molecule has 4 heteroatoms. The van der Waals surface area contributed by atoms with Gasteiger partial charge in [-0.1, -0.05) is 18.1 Å². The van der Waals surface area contributed by atoms with Gasteiger partial charge in [-0.15, -0.1) is 0 Å². The minimum absolute atomic E-state index is 0.788. The highest BCUT2D eigenvalue weighted by Crippen LogP contribution is 2.19. The molecule has 2 aliphatic rings. The summed E-state index contributed by atoms with van der Waals surface area (Å²) >= 11 is 0. The smallest absolute Gasteiger partial charge is 0.223 e. The van der Waals surface area contributed by atoms with Gasteiger partial charge in [0.25, 0.3) is 0 Å². The fourth-order valence-electron chi connectivity index (χ4n) is 2.98. The van der Waals surface area contributed by atoms with E-state index in [9.17, 15) is 0 Å². The second-order valence-corrected chi connectivity index (χ2v) is 5.72. The molecule has 1 aromatic heterocycles. The first-order chi connectivity index (χ1) is 9.92. The summed E-state index contributed by atoms with van der Waals surface area (Å²) in [4.78, 5) is 9.14. The zero-order valence-corrected chi connectivity index (χ0v) is 12.1. The molecule has 1 saturated heterocycles. The quantitative estimate of drug-likeness (QED) is 0.655. The van der Waals surface area contributed by atoms with Gasteiger partial charge < -0.3 is 10.6 Å². The first-order valence-corrected chi connectivity index (χ1v) is 7.89. The molecular weight excluding hydrogens is 248 g/mol. The first kappa shape index (κ1) is 13.6. The molecule has 0 bridgehead atoms. The standard InChI is InChI=1S/C16H24N4/c1-2-4-14-12-19-16(20-15(14)5-3-1)18-11-8-13-6-9-17-10-7-13/h8,12,17H,1-7,9-11H2,(H,18,19,20). The van der Waals surface area contributed by atoms with E-state index in [1.807, 2.05) is 6.20 Å². The van der Waals surface area contributed by atoms with Gasteiger partial charge in [-0.3, -0.25) is 0 Å². The van der Waals surface area contributed by atoms with Gasteiger partial charge in [-0.05, 0) is 57.2 Å². The van der Waals surface area contributed by atoms with Crippen molar-refractivity contribution in [2.45, 2.75) is 44.9 Å². The van der Waals surface area contributed by atoms with Crippen LogP contribution in [0.3, 0.4) is 0 Å². The lowest BCUT2D eigenvalue weighted by molar-refractivity contribution is 0.608. The number of anilines is 1. The molecule has 1 aliphatic heterocycles. The summed E-state index contributed by atoms with van der Waals surface area (Å²) in [5, 5.41) is 6.72. The Morgan fingerprint density at radius 3 is 2.85 bits per heavy atom. The van der Waals surface area contributed by atoms with E-state index in [0.29, 0.717) is 0 Å². The molecule has 1 fully saturated rings. The predicted molar refractivity (Wildman–Crippen MR) is 82.0 cm³/mol. The fraction of sp³-hybridized carbons (Fsp3) is 0.625. The van der Waals surface area contributed by atoms with E-state index in [1.165, 1.54) is 43.4 Å². The van der Waals surface area contributed by atoms with Gasteiger partial charge in [-0.25, -0.2) is 9.97 Å².